The van der Waals surface area contributed by atoms with Crippen molar-refractivity contribution in [3.05, 3.63) is 27.7 Å². The third-order valence-corrected chi connectivity index (χ3v) is 2.84. The van der Waals surface area contributed by atoms with E-state index in [-0.39, 0.29) is 28.1 Å². The van der Waals surface area contributed by atoms with Crippen LogP contribution in [0.15, 0.2) is 16.6 Å². The summed E-state index contributed by atoms with van der Waals surface area (Å²) >= 11 is 2.97. The van der Waals surface area contributed by atoms with E-state index in [0.29, 0.717) is 0 Å². The van der Waals surface area contributed by atoms with Crippen LogP contribution in [-0.2, 0) is 6.18 Å². The Morgan fingerprint density at radius 2 is 2.06 bits per heavy atom. The van der Waals surface area contributed by atoms with Crippen LogP contribution < -0.4 is 10.1 Å². The fraction of sp³-hybridized carbons (Fsp3) is 0.364. The second-order valence-electron chi connectivity index (χ2n) is 3.49. The van der Waals surface area contributed by atoms with Crippen molar-refractivity contribution in [2.75, 3.05) is 20.7 Å². The van der Waals surface area contributed by atoms with E-state index in [4.69, 9.17) is 4.74 Å². The van der Waals surface area contributed by atoms with Crippen LogP contribution in [0, 0.1) is 0 Å². The van der Waals surface area contributed by atoms with Crippen LogP contribution >= 0.6 is 15.9 Å². The molecule has 100 valence electrons. The molecule has 1 aromatic rings. The minimum Gasteiger partial charge on any atom is -0.496 e. The largest absolute Gasteiger partial charge is 0.496 e. The second-order valence-corrected chi connectivity index (χ2v) is 4.34. The van der Waals surface area contributed by atoms with Crippen LogP contribution in [0.25, 0.3) is 0 Å². The SMILES string of the molecule is CNCC(=O)c1c(Br)cc(C(F)(F)F)cc1OC. The Kier molecular flexibility index (Phi) is 4.75. The van der Waals surface area contributed by atoms with Crippen molar-refractivity contribution in [1.29, 1.82) is 0 Å². The Morgan fingerprint density at radius 3 is 2.50 bits per heavy atom. The van der Waals surface area contributed by atoms with Crippen LogP contribution in [0.2, 0.25) is 0 Å². The van der Waals surface area contributed by atoms with Crippen LogP contribution in [0.4, 0.5) is 13.2 Å². The molecule has 0 aromatic heterocycles. The molecule has 0 saturated carbocycles. The number of nitrogens with one attached hydrogen (secondary N) is 1. The zero-order valence-corrected chi connectivity index (χ0v) is 11.3. The molecule has 0 saturated heterocycles. The van der Waals surface area contributed by atoms with Crippen molar-refractivity contribution in [2.45, 2.75) is 6.18 Å². The maximum Gasteiger partial charge on any atom is 0.416 e. The van der Waals surface area contributed by atoms with Gasteiger partial charge in [0.05, 0.1) is 24.8 Å². The van der Waals surface area contributed by atoms with E-state index < -0.39 is 11.7 Å². The number of halogens is 4. The molecule has 0 amide bonds. The molecule has 3 nitrogen and oxygen atoms in total. The van der Waals surface area contributed by atoms with E-state index in [2.05, 4.69) is 21.2 Å². The Balaban J connectivity index is 3.33. The maximum atomic E-state index is 12.6. The first-order chi connectivity index (χ1) is 8.31. The van der Waals surface area contributed by atoms with Gasteiger partial charge in [-0.05, 0) is 35.1 Å². The van der Waals surface area contributed by atoms with E-state index in [1.807, 2.05) is 0 Å². The number of methoxy groups -OCH3 is 1. The van der Waals surface area contributed by atoms with Gasteiger partial charge >= 0.3 is 6.18 Å². The molecule has 1 rings (SSSR count). The van der Waals surface area contributed by atoms with E-state index in [9.17, 15) is 18.0 Å². The highest BCUT2D eigenvalue weighted by Gasteiger charge is 2.33. The fourth-order valence-corrected chi connectivity index (χ4v) is 2.09. The van der Waals surface area contributed by atoms with Crippen molar-refractivity contribution in [3.63, 3.8) is 0 Å². The summed E-state index contributed by atoms with van der Waals surface area (Å²) in [4.78, 5) is 11.8. The highest BCUT2D eigenvalue weighted by molar-refractivity contribution is 9.10. The number of hydrogen-bond donors (Lipinski definition) is 1. The van der Waals surface area contributed by atoms with E-state index >= 15 is 0 Å². The third kappa shape index (κ3) is 3.23. The van der Waals surface area contributed by atoms with Gasteiger partial charge in [-0.1, -0.05) is 0 Å². The summed E-state index contributed by atoms with van der Waals surface area (Å²) in [6.45, 7) is 0.0142. The molecule has 0 atom stereocenters. The van der Waals surface area contributed by atoms with Crippen molar-refractivity contribution in [3.8, 4) is 5.75 Å². The number of carbonyl (C=O) groups excluding carboxylic acids is 1. The summed E-state index contributed by atoms with van der Waals surface area (Å²) < 4.78 is 42.7. The summed E-state index contributed by atoms with van der Waals surface area (Å²) in [6, 6.07) is 1.68. The van der Waals surface area contributed by atoms with Crippen LogP contribution in [0.5, 0.6) is 5.75 Å². The number of Topliss-reactive ketones (excluding diaryl/α,β-unsaturated/α-hetero) is 1. The van der Waals surface area contributed by atoms with Gasteiger partial charge in [0.2, 0.25) is 0 Å². The minimum absolute atomic E-state index is 0.0142. The van der Waals surface area contributed by atoms with Gasteiger partial charge in [0.1, 0.15) is 5.75 Å². The number of alkyl halides is 3. The average Bonchev–Trinajstić information content (AvgIpc) is 2.26. The fourth-order valence-electron chi connectivity index (χ4n) is 1.43. The molecule has 0 spiro atoms. The van der Waals surface area contributed by atoms with Gasteiger partial charge < -0.3 is 10.1 Å². The Morgan fingerprint density at radius 1 is 1.44 bits per heavy atom. The number of likely N-dealkylation sites (N-methyl/N-ethyl adjacent to an activating group) is 1. The molecule has 7 heteroatoms. The molecule has 0 aliphatic heterocycles. The lowest BCUT2D eigenvalue weighted by Gasteiger charge is -2.14. The first-order valence-corrected chi connectivity index (χ1v) is 5.73. The molecule has 0 aliphatic rings. The van der Waals surface area contributed by atoms with E-state index in [1.165, 1.54) is 7.11 Å². The summed E-state index contributed by atoms with van der Waals surface area (Å²) in [5, 5.41) is 2.64. The number of ketones is 1. The monoisotopic (exact) mass is 325 g/mol. The predicted molar refractivity (Wildman–Crippen MR) is 64.0 cm³/mol. The zero-order chi connectivity index (χ0) is 13.9. The summed E-state index contributed by atoms with van der Waals surface area (Å²) in [6.07, 6.45) is -4.49. The molecule has 0 radical (unpaired) electrons. The minimum atomic E-state index is -4.49. The van der Waals surface area contributed by atoms with E-state index in [0.717, 1.165) is 12.1 Å². The van der Waals surface area contributed by atoms with Crippen molar-refractivity contribution >= 4 is 21.7 Å². The smallest absolute Gasteiger partial charge is 0.416 e. The lowest BCUT2D eigenvalue weighted by Crippen LogP contribution is -2.20. The number of hydrogen-bond acceptors (Lipinski definition) is 3. The van der Waals surface area contributed by atoms with Crippen LogP contribution in [0.3, 0.4) is 0 Å². The highest BCUT2D eigenvalue weighted by atomic mass is 79.9. The summed E-state index contributed by atoms with van der Waals surface area (Å²) in [7, 11) is 2.79. The molecular formula is C11H11BrF3NO2. The molecule has 0 heterocycles. The first kappa shape index (κ1) is 15.0. The second kappa shape index (κ2) is 5.71. The molecule has 0 bridgehead atoms. The number of ether oxygens (including phenoxy) is 1. The molecule has 0 fully saturated rings. The van der Waals surface area contributed by atoms with Crippen LogP contribution in [-0.4, -0.2) is 26.5 Å². The number of carbonyl (C=O) groups is 1. The lowest BCUT2D eigenvalue weighted by atomic mass is 10.1. The van der Waals surface area contributed by atoms with Gasteiger partial charge in [-0.25, -0.2) is 0 Å². The molecule has 1 aromatic carbocycles. The van der Waals surface area contributed by atoms with Gasteiger partial charge in [-0.2, -0.15) is 13.2 Å². The summed E-state index contributed by atoms with van der Waals surface area (Å²) in [5.74, 6) is -0.452. The quantitative estimate of drug-likeness (QED) is 0.865. The standard InChI is InChI=1S/C11H11BrF3NO2/c1-16-5-8(17)10-7(12)3-6(11(13,14)15)4-9(10)18-2/h3-4,16H,5H2,1-2H3. The van der Waals surface area contributed by atoms with Crippen LogP contribution in [0.1, 0.15) is 15.9 Å². The van der Waals surface area contributed by atoms with Crippen molar-refractivity contribution in [2.24, 2.45) is 0 Å². The third-order valence-electron chi connectivity index (χ3n) is 2.22. The average molecular weight is 326 g/mol. The Labute approximate surface area is 110 Å². The molecule has 18 heavy (non-hydrogen) atoms. The van der Waals surface area contributed by atoms with Gasteiger partial charge in [-0.3, -0.25) is 4.79 Å². The topological polar surface area (TPSA) is 38.3 Å². The lowest BCUT2D eigenvalue weighted by molar-refractivity contribution is -0.137. The Bertz CT molecular complexity index is 460. The molecular weight excluding hydrogens is 315 g/mol. The van der Waals surface area contributed by atoms with Crippen molar-refractivity contribution in [1.82, 2.24) is 5.32 Å². The van der Waals surface area contributed by atoms with Gasteiger partial charge in [0.25, 0.3) is 0 Å². The van der Waals surface area contributed by atoms with E-state index in [1.54, 1.807) is 7.05 Å². The van der Waals surface area contributed by atoms with Gasteiger partial charge in [-0.15, -0.1) is 0 Å². The predicted octanol–water partition coefficient (Wildman–Crippen LogP) is 2.88. The summed E-state index contributed by atoms with van der Waals surface area (Å²) in [5.41, 5.74) is -0.771. The maximum absolute atomic E-state index is 12.6. The van der Waals surface area contributed by atoms with Gasteiger partial charge in [0.15, 0.2) is 5.78 Å². The number of rotatable bonds is 4. The first-order valence-electron chi connectivity index (χ1n) is 4.93. The molecule has 0 aliphatic carbocycles. The number of benzene rings is 1. The van der Waals surface area contributed by atoms with Crippen molar-refractivity contribution < 1.29 is 22.7 Å². The molecule has 0 unspecified atom stereocenters. The zero-order valence-electron chi connectivity index (χ0n) is 9.69. The Hall–Kier alpha value is -1.08. The van der Waals surface area contributed by atoms with Gasteiger partial charge in [0, 0.05) is 4.47 Å². The normalized spacial score (nSPS) is 11.4. The highest BCUT2D eigenvalue weighted by Crippen LogP contribution is 2.37. The molecule has 1 N–H and O–H groups in total.